The van der Waals surface area contributed by atoms with Gasteiger partial charge in [0.15, 0.2) is 5.78 Å². The summed E-state index contributed by atoms with van der Waals surface area (Å²) in [6.45, 7) is 1.12. The number of amides is 14. The predicted molar refractivity (Wildman–Crippen MR) is 406 cm³/mol. The Kier molecular flexibility index (Phi) is 39.8. The second kappa shape index (κ2) is 48.3. The highest BCUT2D eigenvalue weighted by atomic mass is 16.5. The second-order valence-electron chi connectivity index (χ2n) is 27.5. The minimum Gasteiger partial charge on any atom is -0.481 e. The maximum Gasteiger partial charge on any atom is 0.329 e. The average molecular weight is 1630 g/mol. The molecule has 42 nitrogen and oxygen atoms in total. The summed E-state index contributed by atoms with van der Waals surface area (Å²) in [5.74, 6) is -29.7. The molecule has 3 aromatic rings. The Morgan fingerprint density at radius 2 is 1.06 bits per heavy atom. The summed E-state index contributed by atoms with van der Waals surface area (Å²) in [6.07, 6.45) is -3.89. The van der Waals surface area contributed by atoms with E-state index in [9.17, 15) is 121 Å². The summed E-state index contributed by atoms with van der Waals surface area (Å²) < 4.78 is 5.69. The fraction of sp³-hybridized carbons (Fsp3) is 0.514. The number of aliphatic hydroxyl groups is 1. The van der Waals surface area contributed by atoms with Gasteiger partial charge in [0.05, 0.1) is 51.8 Å². The molecule has 0 aromatic heterocycles. The van der Waals surface area contributed by atoms with Crippen molar-refractivity contribution >= 4 is 135 Å². The quantitative estimate of drug-likeness (QED) is 0.0114. The van der Waals surface area contributed by atoms with E-state index < -0.39 is 261 Å². The fourth-order valence-electron chi connectivity index (χ4n) is 11.9. The number of benzene rings is 3. The summed E-state index contributed by atoms with van der Waals surface area (Å²) in [6, 6.07) is -5.21. The van der Waals surface area contributed by atoms with Crippen LogP contribution in [0.1, 0.15) is 146 Å². The molecule has 0 aliphatic carbocycles. The number of ketones is 1. The number of carbonyl (C=O) groups is 20. The van der Waals surface area contributed by atoms with E-state index in [0.717, 1.165) is 58.3 Å². The van der Waals surface area contributed by atoms with E-state index in [0.29, 0.717) is 23.8 Å². The van der Waals surface area contributed by atoms with E-state index in [1.165, 1.54) is 24.3 Å². The number of esters is 1. The number of carboxylic acids is 4. The Hall–Kier alpha value is -12.8. The van der Waals surface area contributed by atoms with Crippen LogP contribution in [0.5, 0.6) is 0 Å². The minimum atomic E-state index is -2.45. The van der Waals surface area contributed by atoms with Gasteiger partial charge in [0.25, 0.3) is 0 Å². The Bertz CT molecular complexity index is 4080. The lowest BCUT2D eigenvalue weighted by Gasteiger charge is -2.30. The van der Waals surface area contributed by atoms with Gasteiger partial charge in [0.2, 0.25) is 82.7 Å². The zero-order valence-corrected chi connectivity index (χ0v) is 64.2. The van der Waals surface area contributed by atoms with E-state index in [4.69, 9.17) is 21.9 Å². The molecule has 13 unspecified atom stereocenters. The number of ether oxygens (including phenoxy) is 1. The fourth-order valence-corrected chi connectivity index (χ4v) is 11.9. The van der Waals surface area contributed by atoms with Crippen LogP contribution < -0.4 is 86.3 Å². The van der Waals surface area contributed by atoms with Crippen molar-refractivity contribution in [2.75, 3.05) is 32.0 Å². The smallest absolute Gasteiger partial charge is 0.329 e. The molecule has 116 heavy (non-hydrogen) atoms. The number of aliphatic carboxylic acids is 4. The lowest BCUT2D eigenvalue weighted by atomic mass is 9.96. The van der Waals surface area contributed by atoms with Crippen LogP contribution in [0.25, 0.3) is 10.8 Å². The number of hydrogen-bond donors (Lipinski definition) is 21. The standard InChI is InChI=1S/C74H102N16O26/c1-5-6-7-8-9-10-11-25-55(94)82-46(28-41-20-16-19-40-18-12-13-21-42(40)41)68(109)85-47(30-54(77)93)69(110)87-50(33-61(103)104)70(111)90-63-39(4)116-74(115)51(29-53(92)43-22-14-15-23-44(43)76)88-73(114)62(37(2)27-58(97)98)89-71(112)52(36-91)83-57(96)34-78-65(106)48(31-59(99)100)84-64(105)38(3)80-67(108)49(32-60(101)102)86-66(107)45(24-17-26-75)81-56(95)35-79-72(63)113/h12-16,18-23,37-39,45-52,62-63,91H,5-11,17,24-36,75-76H2,1-4H3,(H2,77,93)(H,78,106)(H,79,113)(H,80,108)(H,81,95)(H,82,94)(H,83,96)(H,84,105)(H,85,109)(H,86,107)(H,87,110)(H,88,114)(H,89,112)(H,90,111)(H,97,98)(H,99,100)(H,101,102)(H,103,104). The van der Waals surface area contributed by atoms with E-state index >= 15 is 0 Å². The number of cyclic esters (lactones) is 1. The van der Waals surface area contributed by atoms with Crippen molar-refractivity contribution in [1.29, 1.82) is 0 Å². The molecule has 0 saturated carbocycles. The Morgan fingerprint density at radius 3 is 1.66 bits per heavy atom. The van der Waals surface area contributed by atoms with Gasteiger partial charge in [-0.25, -0.2) is 4.79 Å². The van der Waals surface area contributed by atoms with E-state index in [1.54, 1.807) is 42.5 Å². The predicted octanol–water partition coefficient (Wildman–Crippen LogP) is -4.95. The maximum atomic E-state index is 14.9. The number of primary amides is 1. The number of carbonyl (C=O) groups excluding carboxylic acids is 16. The summed E-state index contributed by atoms with van der Waals surface area (Å²) >= 11 is 0. The highest BCUT2D eigenvalue weighted by molar-refractivity contribution is 6.05. The summed E-state index contributed by atoms with van der Waals surface area (Å²) in [4.78, 5) is 273. The van der Waals surface area contributed by atoms with Crippen LogP contribution in [-0.4, -0.2) is 243 Å². The van der Waals surface area contributed by atoms with Crippen molar-refractivity contribution < 1.29 is 126 Å². The minimum absolute atomic E-state index is 0.0170. The summed E-state index contributed by atoms with van der Waals surface area (Å²) in [5, 5.41) is 79.6. The SMILES string of the molecule is CCCCCCCCCC(=O)NC(Cc1cccc2ccccc12)C(=O)NC(CC(N)=O)C(=O)NC(CC(=O)O)C(=O)NC1C(=O)NCC(=O)NC(CCCN)C(=O)NC(CC(=O)O)C(=O)NC(C)C(=O)NC(CC(=O)O)C(=O)NCC(=O)NC(CO)C(=O)NC(C(C)CC(=O)O)C(=O)NC(CC(=O)c2ccccc2N)C(=O)OC1C. The molecule has 0 spiro atoms. The van der Waals surface area contributed by atoms with Crippen molar-refractivity contribution in [3.63, 3.8) is 0 Å². The zero-order valence-electron chi connectivity index (χ0n) is 64.2. The van der Waals surface area contributed by atoms with Gasteiger partial charge in [-0.15, -0.1) is 0 Å². The topological polar surface area (TPSA) is 686 Å². The van der Waals surface area contributed by atoms with Gasteiger partial charge < -0.3 is 117 Å². The molecule has 24 N–H and O–H groups in total. The number of Topliss-reactive ketones (excluding diaryl/α,β-unsaturated/α-hetero) is 1. The zero-order chi connectivity index (χ0) is 86.5. The number of anilines is 1. The molecule has 1 heterocycles. The van der Waals surface area contributed by atoms with Crippen LogP contribution in [0.3, 0.4) is 0 Å². The number of unbranched alkanes of at least 4 members (excludes halogenated alkanes) is 6. The van der Waals surface area contributed by atoms with Crippen LogP contribution in [0, 0.1) is 5.92 Å². The highest BCUT2D eigenvalue weighted by Gasteiger charge is 2.41. The molecule has 14 amide bonds. The van der Waals surface area contributed by atoms with Crippen molar-refractivity contribution in [1.82, 2.24) is 69.1 Å². The second-order valence-corrected chi connectivity index (χ2v) is 27.5. The number of fused-ring (bicyclic) bond motifs is 1. The monoisotopic (exact) mass is 1630 g/mol. The third-order valence-corrected chi connectivity index (χ3v) is 18.1. The average Bonchev–Trinajstić information content (AvgIpc) is 0.817. The van der Waals surface area contributed by atoms with Gasteiger partial charge in [0.1, 0.15) is 72.6 Å². The third kappa shape index (κ3) is 32.8. The number of aliphatic hydroxyl groups excluding tert-OH is 1. The van der Waals surface area contributed by atoms with Crippen LogP contribution in [0.2, 0.25) is 0 Å². The first-order valence-corrected chi connectivity index (χ1v) is 37.2. The number of nitrogens with two attached hydrogens (primary N) is 3. The molecule has 0 radical (unpaired) electrons. The molecule has 13 atom stereocenters. The molecule has 634 valence electrons. The molecular formula is C74H102N16O26. The number of hydrogen-bond acceptors (Lipinski definition) is 24. The van der Waals surface area contributed by atoms with Crippen molar-refractivity contribution in [3.05, 3.63) is 77.9 Å². The van der Waals surface area contributed by atoms with Crippen molar-refractivity contribution in [2.24, 2.45) is 17.4 Å². The first-order chi connectivity index (χ1) is 54.9. The number of rotatable bonds is 35. The lowest BCUT2D eigenvalue weighted by Crippen LogP contribution is -2.62. The van der Waals surface area contributed by atoms with Gasteiger partial charge in [-0.1, -0.05) is 107 Å². The largest absolute Gasteiger partial charge is 0.481 e. The molecule has 4 rings (SSSR count). The number of nitrogen functional groups attached to an aromatic ring is 1. The molecule has 1 fully saturated rings. The van der Waals surface area contributed by atoms with Crippen molar-refractivity contribution in [2.45, 2.75) is 209 Å². The lowest BCUT2D eigenvalue weighted by molar-refractivity contribution is -0.156. The Labute approximate surface area is 664 Å². The van der Waals surface area contributed by atoms with Crippen LogP contribution in [-0.2, 0) is 102 Å². The van der Waals surface area contributed by atoms with E-state index in [2.05, 4.69) is 60.1 Å². The number of carboxylic acid groups (broad SMARTS) is 4. The summed E-state index contributed by atoms with van der Waals surface area (Å²) in [7, 11) is 0. The molecule has 1 saturated heterocycles. The van der Waals surface area contributed by atoms with Gasteiger partial charge >= 0.3 is 29.8 Å². The first-order valence-electron chi connectivity index (χ1n) is 37.2. The van der Waals surface area contributed by atoms with Gasteiger partial charge in [0, 0.05) is 30.5 Å². The molecule has 3 aromatic carbocycles. The van der Waals surface area contributed by atoms with E-state index in [1.807, 2.05) is 16.0 Å². The first kappa shape index (κ1) is 95.6. The number of para-hydroxylation sites is 1. The third-order valence-electron chi connectivity index (χ3n) is 18.1. The highest BCUT2D eigenvalue weighted by Crippen LogP contribution is 2.22. The van der Waals surface area contributed by atoms with Crippen LogP contribution in [0.4, 0.5) is 5.69 Å². The molecule has 1 aliphatic heterocycles. The molecule has 42 heteroatoms. The Morgan fingerprint density at radius 1 is 0.526 bits per heavy atom. The van der Waals surface area contributed by atoms with Crippen LogP contribution in [0.15, 0.2) is 66.7 Å². The van der Waals surface area contributed by atoms with Gasteiger partial charge in [-0.05, 0) is 74.0 Å². The van der Waals surface area contributed by atoms with E-state index in [-0.39, 0.29) is 37.1 Å². The number of nitrogens with one attached hydrogen (secondary N) is 13. The Balaban J connectivity index is 1.88. The van der Waals surface area contributed by atoms with Gasteiger partial charge in [-0.2, -0.15) is 0 Å². The summed E-state index contributed by atoms with van der Waals surface area (Å²) in [5.41, 5.74) is 17.5. The van der Waals surface area contributed by atoms with Crippen molar-refractivity contribution in [3.8, 4) is 0 Å². The molecular weight excluding hydrogens is 1530 g/mol. The molecule has 0 bridgehead atoms. The van der Waals surface area contributed by atoms with Gasteiger partial charge in [-0.3, -0.25) is 91.1 Å². The normalized spacial score (nSPS) is 21.1. The van der Waals surface area contributed by atoms with Crippen LogP contribution >= 0.6 is 0 Å². The molecule has 1 aliphatic rings. The maximum absolute atomic E-state index is 14.9.